The number of hydrogen-bond donors (Lipinski definition) is 2. The standard InChI is InChI=1S/C19H20N4O3/c24-13-17(14-7-2-1-3-8-14)20-18(25)11-6-12-23-19(26)15-9-4-5-10-16(15)21-22-23/h1-5,7-10,17,24H,6,11-13H2,(H,20,25). The summed E-state index contributed by atoms with van der Waals surface area (Å²) in [4.78, 5) is 24.5. The normalized spacial score (nSPS) is 12.0. The highest BCUT2D eigenvalue weighted by Gasteiger charge is 2.13. The molecule has 0 aliphatic rings. The Labute approximate surface area is 150 Å². The van der Waals surface area contributed by atoms with E-state index in [1.54, 1.807) is 24.3 Å². The van der Waals surface area contributed by atoms with E-state index < -0.39 is 6.04 Å². The van der Waals surface area contributed by atoms with E-state index in [4.69, 9.17) is 0 Å². The number of fused-ring (bicyclic) bond motifs is 1. The van der Waals surface area contributed by atoms with Crippen LogP contribution in [0.1, 0.15) is 24.4 Å². The van der Waals surface area contributed by atoms with E-state index in [1.165, 1.54) is 4.68 Å². The van der Waals surface area contributed by atoms with Crippen LogP contribution < -0.4 is 10.9 Å². The largest absolute Gasteiger partial charge is 0.394 e. The van der Waals surface area contributed by atoms with Gasteiger partial charge in [-0.05, 0) is 24.1 Å². The molecule has 0 aliphatic heterocycles. The summed E-state index contributed by atoms with van der Waals surface area (Å²) in [6.07, 6.45) is 0.677. The maximum atomic E-state index is 12.3. The van der Waals surface area contributed by atoms with E-state index in [0.717, 1.165) is 5.56 Å². The lowest BCUT2D eigenvalue weighted by Gasteiger charge is -2.16. The molecule has 0 saturated carbocycles. The van der Waals surface area contributed by atoms with Gasteiger partial charge in [-0.1, -0.05) is 47.7 Å². The first kappa shape index (κ1) is 17.8. The van der Waals surface area contributed by atoms with Crippen molar-refractivity contribution in [3.8, 4) is 0 Å². The van der Waals surface area contributed by atoms with Gasteiger partial charge in [0.25, 0.3) is 5.56 Å². The third-order valence-corrected chi connectivity index (χ3v) is 4.12. The van der Waals surface area contributed by atoms with Gasteiger partial charge in [-0.25, -0.2) is 4.68 Å². The fraction of sp³-hybridized carbons (Fsp3) is 0.263. The van der Waals surface area contributed by atoms with Crippen molar-refractivity contribution in [1.82, 2.24) is 20.3 Å². The highest BCUT2D eigenvalue weighted by atomic mass is 16.3. The Morgan fingerprint density at radius 2 is 1.85 bits per heavy atom. The molecule has 1 unspecified atom stereocenters. The summed E-state index contributed by atoms with van der Waals surface area (Å²) < 4.78 is 1.27. The predicted molar refractivity (Wildman–Crippen MR) is 97.4 cm³/mol. The monoisotopic (exact) mass is 352 g/mol. The van der Waals surface area contributed by atoms with Gasteiger partial charge in [0.05, 0.1) is 18.0 Å². The Morgan fingerprint density at radius 3 is 2.62 bits per heavy atom. The molecule has 0 bridgehead atoms. The molecular formula is C19H20N4O3. The first-order valence-corrected chi connectivity index (χ1v) is 8.47. The van der Waals surface area contributed by atoms with Gasteiger partial charge < -0.3 is 10.4 Å². The Bertz CT molecular complexity index is 940. The zero-order valence-electron chi connectivity index (χ0n) is 14.2. The van der Waals surface area contributed by atoms with Crippen LogP contribution in [0.2, 0.25) is 0 Å². The minimum Gasteiger partial charge on any atom is -0.394 e. The molecule has 134 valence electrons. The summed E-state index contributed by atoms with van der Waals surface area (Å²) in [5.74, 6) is -0.185. The molecular weight excluding hydrogens is 332 g/mol. The number of nitrogens with one attached hydrogen (secondary N) is 1. The van der Waals surface area contributed by atoms with Crippen molar-refractivity contribution in [1.29, 1.82) is 0 Å². The molecule has 1 aromatic heterocycles. The van der Waals surface area contributed by atoms with E-state index in [2.05, 4.69) is 15.6 Å². The first-order valence-electron chi connectivity index (χ1n) is 8.47. The molecule has 0 fully saturated rings. The molecule has 3 rings (SSSR count). The van der Waals surface area contributed by atoms with Gasteiger partial charge in [0.15, 0.2) is 0 Å². The number of rotatable bonds is 7. The maximum Gasteiger partial charge on any atom is 0.277 e. The van der Waals surface area contributed by atoms with Crippen LogP contribution in [0.3, 0.4) is 0 Å². The number of aryl methyl sites for hydroxylation is 1. The molecule has 1 amide bonds. The zero-order valence-corrected chi connectivity index (χ0v) is 14.2. The summed E-state index contributed by atoms with van der Waals surface area (Å²) in [6, 6.07) is 15.9. The summed E-state index contributed by atoms with van der Waals surface area (Å²) in [7, 11) is 0. The third kappa shape index (κ3) is 4.12. The zero-order chi connectivity index (χ0) is 18.4. The van der Waals surface area contributed by atoms with Gasteiger partial charge in [0.1, 0.15) is 5.52 Å². The molecule has 1 heterocycles. The number of benzene rings is 2. The fourth-order valence-corrected chi connectivity index (χ4v) is 2.75. The molecule has 7 heteroatoms. The van der Waals surface area contributed by atoms with Crippen LogP contribution in [0.5, 0.6) is 0 Å². The average Bonchev–Trinajstić information content (AvgIpc) is 2.69. The van der Waals surface area contributed by atoms with Crippen molar-refractivity contribution in [3.63, 3.8) is 0 Å². The van der Waals surface area contributed by atoms with Crippen LogP contribution in [0.15, 0.2) is 59.4 Å². The van der Waals surface area contributed by atoms with Crippen LogP contribution in [0.25, 0.3) is 10.9 Å². The van der Waals surface area contributed by atoms with Crippen molar-refractivity contribution in [2.75, 3.05) is 6.61 Å². The van der Waals surface area contributed by atoms with Crippen molar-refractivity contribution in [2.24, 2.45) is 0 Å². The molecule has 0 aliphatic carbocycles. The van der Waals surface area contributed by atoms with Gasteiger partial charge in [0.2, 0.25) is 5.91 Å². The van der Waals surface area contributed by atoms with Gasteiger partial charge >= 0.3 is 0 Å². The Kier molecular flexibility index (Phi) is 5.70. The summed E-state index contributed by atoms with van der Waals surface area (Å²) in [5, 5.41) is 20.7. The SMILES string of the molecule is O=C(CCCn1nnc2ccccc2c1=O)NC(CO)c1ccccc1. The van der Waals surface area contributed by atoms with E-state index in [9.17, 15) is 14.7 Å². The number of carbonyl (C=O) groups excluding carboxylic acids is 1. The van der Waals surface area contributed by atoms with Gasteiger partial charge in [-0.3, -0.25) is 9.59 Å². The summed E-state index contributed by atoms with van der Waals surface area (Å²) in [6.45, 7) is 0.130. The lowest BCUT2D eigenvalue weighted by Crippen LogP contribution is -2.31. The average molecular weight is 352 g/mol. The number of amides is 1. The second-order valence-electron chi connectivity index (χ2n) is 5.95. The van der Waals surface area contributed by atoms with Crippen molar-refractivity contribution in [3.05, 3.63) is 70.5 Å². The Balaban J connectivity index is 1.57. The first-order chi connectivity index (χ1) is 12.7. The molecule has 2 aromatic carbocycles. The van der Waals surface area contributed by atoms with Crippen LogP contribution in [-0.4, -0.2) is 32.6 Å². The topological polar surface area (TPSA) is 97.1 Å². The van der Waals surface area contributed by atoms with Crippen LogP contribution in [-0.2, 0) is 11.3 Å². The second-order valence-corrected chi connectivity index (χ2v) is 5.95. The van der Waals surface area contributed by atoms with Crippen molar-refractivity contribution >= 4 is 16.8 Å². The highest BCUT2D eigenvalue weighted by molar-refractivity contribution is 5.77. The van der Waals surface area contributed by atoms with E-state index in [0.29, 0.717) is 23.9 Å². The number of carbonyl (C=O) groups is 1. The molecule has 0 saturated heterocycles. The number of aromatic nitrogens is 3. The Hall–Kier alpha value is -3.06. The van der Waals surface area contributed by atoms with Crippen LogP contribution >= 0.6 is 0 Å². The van der Waals surface area contributed by atoms with Crippen LogP contribution in [0, 0.1) is 0 Å². The molecule has 2 N–H and O–H groups in total. The summed E-state index contributed by atoms with van der Waals surface area (Å²) in [5.41, 5.74) is 1.19. The van der Waals surface area contributed by atoms with Crippen LogP contribution in [0.4, 0.5) is 0 Å². The molecule has 0 spiro atoms. The summed E-state index contributed by atoms with van der Waals surface area (Å²) >= 11 is 0. The predicted octanol–water partition coefficient (Wildman–Crippen LogP) is 1.42. The molecule has 1 atom stereocenters. The lowest BCUT2D eigenvalue weighted by atomic mass is 10.1. The minimum atomic E-state index is -0.438. The minimum absolute atomic E-state index is 0.175. The van der Waals surface area contributed by atoms with Gasteiger partial charge in [-0.15, -0.1) is 5.10 Å². The quantitative estimate of drug-likeness (QED) is 0.670. The lowest BCUT2D eigenvalue weighted by molar-refractivity contribution is -0.122. The van der Waals surface area contributed by atoms with Gasteiger partial charge in [-0.2, -0.15) is 0 Å². The highest BCUT2D eigenvalue weighted by Crippen LogP contribution is 2.12. The number of hydrogen-bond acceptors (Lipinski definition) is 5. The smallest absolute Gasteiger partial charge is 0.277 e. The molecule has 3 aromatic rings. The third-order valence-electron chi connectivity index (χ3n) is 4.12. The van der Waals surface area contributed by atoms with Gasteiger partial charge in [0, 0.05) is 13.0 Å². The van der Waals surface area contributed by atoms with Crippen molar-refractivity contribution < 1.29 is 9.90 Å². The van der Waals surface area contributed by atoms with E-state index in [1.807, 2.05) is 30.3 Å². The maximum absolute atomic E-state index is 12.3. The van der Waals surface area contributed by atoms with Crippen molar-refractivity contribution in [2.45, 2.75) is 25.4 Å². The number of aliphatic hydroxyl groups excluding tert-OH is 1. The van der Waals surface area contributed by atoms with E-state index >= 15 is 0 Å². The fourth-order valence-electron chi connectivity index (χ4n) is 2.75. The molecule has 0 radical (unpaired) electrons. The second kappa shape index (κ2) is 8.35. The number of aliphatic hydroxyl groups is 1. The van der Waals surface area contributed by atoms with E-state index in [-0.39, 0.29) is 24.5 Å². The molecule has 7 nitrogen and oxygen atoms in total. The number of nitrogens with zero attached hydrogens (tertiary/aromatic N) is 3. The Morgan fingerprint density at radius 1 is 1.12 bits per heavy atom. The molecule has 26 heavy (non-hydrogen) atoms.